The number of sulfonamides is 1. The Bertz CT molecular complexity index is 616. The maximum atomic E-state index is 12.0. The van der Waals surface area contributed by atoms with Crippen LogP contribution in [0.5, 0.6) is 0 Å². The second kappa shape index (κ2) is 5.94. The third-order valence-corrected chi connectivity index (χ3v) is 3.50. The summed E-state index contributed by atoms with van der Waals surface area (Å²) < 4.78 is 24.8. The summed E-state index contributed by atoms with van der Waals surface area (Å²) in [6.45, 7) is 3.39. The average Bonchev–Trinajstić information content (AvgIpc) is 2.26. The number of nitrogens with two attached hydrogens (primary N) is 1. The molecule has 1 amide bonds. The molecule has 0 spiro atoms. The molecule has 20 heavy (non-hydrogen) atoms. The molecule has 0 aliphatic carbocycles. The average molecular weight is 321 g/mol. The van der Waals surface area contributed by atoms with Crippen molar-refractivity contribution in [1.29, 1.82) is 0 Å². The number of pyridine rings is 1. The maximum absolute atomic E-state index is 12.0. The summed E-state index contributed by atoms with van der Waals surface area (Å²) in [5.74, 6) is -0.277. The van der Waals surface area contributed by atoms with Crippen LogP contribution in [0.15, 0.2) is 12.3 Å². The fourth-order valence-corrected chi connectivity index (χ4v) is 2.83. The molecular formula is C11H17ClN4O3S. The van der Waals surface area contributed by atoms with E-state index in [9.17, 15) is 13.2 Å². The van der Waals surface area contributed by atoms with Crippen LogP contribution in [0, 0.1) is 0 Å². The topological polar surface area (TPSA) is 114 Å². The van der Waals surface area contributed by atoms with Crippen LogP contribution < -0.4 is 15.8 Å². The van der Waals surface area contributed by atoms with Crippen LogP contribution in [0.25, 0.3) is 0 Å². The van der Waals surface area contributed by atoms with Crippen molar-refractivity contribution in [2.75, 3.05) is 18.5 Å². The van der Waals surface area contributed by atoms with E-state index in [0.717, 1.165) is 6.26 Å². The van der Waals surface area contributed by atoms with Crippen LogP contribution in [0.4, 0.5) is 5.82 Å². The van der Waals surface area contributed by atoms with E-state index in [1.54, 1.807) is 13.8 Å². The fourth-order valence-electron chi connectivity index (χ4n) is 1.56. The van der Waals surface area contributed by atoms with Gasteiger partial charge in [-0.1, -0.05) is 11.6 Å². The highest BCUT2D eigenvalue weighted by Crippen LogP contribution is 2.16. The number of rotatable bonds is 5. The summed E-state index contributed by atoms with van der Waals surface area (Å²) in [7, 11) is -3.37. The van der Waals surface area contributed by atoms with Gasteiger partial charge < -0.3 is 11.1 Å². The van der Waals surface area contributed by atoms with Gasteiger partial charge in [-0.05, 0) is 19.9 Å². The highest BCUT2D eigenvalue weighted by molar-refractivity contribution is 7.88. The zero-order valence-electron chi connectivity index (χ0n) is 11.4. The number of hydrogen-bond donors (Lipinski definition) is 3. The zero-order valence-corrected chi connectivity index (χ0v) is 13.0. The van der Waals surface area contributed by atoms with E-state index in [2.05, 4.69) is 15.0 Å². The van der Waals surface area contributed by atoms with Gasteiger partial charge in [0.05, 0.1) is 16.8 Å². The molecule has 1 rings (SSSR count). The standard InChI is InChI=1S/C11H17ClN4O3S/c1-11(2,16-20(3,18)19)6-15-10(17)7-4-9(13)14-5-8(7)12/h4-5,16H,6H2,1-3H3,(H2,13,14)(H,15,17). The molecule has 0 unspecified atom stereocenters. The monoisotopic (exact) mass is 320 g/mol. The van der Waals surface area contributed by atoms with Gasteiger partial charge in [-0.3, -0.25) is 4.79 Å². The lowest BCUT2D eigenvalue weighted by molar-refractivity contribution is 0.0944. The number of nitrogen functional groups attached to an aromatic ring is 1. The van der Waals surface area contributed by atoms with Gasteiger partial charge in [-0.2, -0.15) is 0 Å². The van der Waals surface area contributed by atoms with Crippen molar-refractivity contribution in [3.63, 3.8) is 0 Å². The molecule has 0 aliphatic rings. The molecule has 4 N–H and O–H groups in total. The molecule has 0 aromatic carbocycles. The lowest BCUT2D eigenvalue weighted by Crippen LogP contribution is -2.51. The van der Waals surface area contributed by atoms with Crippen molar-refractivity contribution in [1.82, 2.24) is 15.0 Å². The van der Waals surface area contributed by atoms with Gasteiger partial charge >= 0.3 is 0 Å². The number of nitrogens with one attached hydrogen (secondary N) is 2. The number of halogens is 1. The third kappa shape index (κ3) is 5.32. The van der Waals surface area contributed by atoms with Crippen LogP contribution in [-0.4, -0.2) is 37.6 Å². The van der Waals surface area contributed by atoms with Crippen molar-refractivity contribution in [3.05, 3.63) is 22.8 Å². The molecule has 1 heterocycles. The van der Waals surface area contributed by atoms with Gasteiger partial charge in [0.25, 0.3) is 5.91 Å². The first-order valence-corrected chi connectivity index (χ1v) is 7.95. The number of nitrogens with zero attached hydrogens (tertiary/aromatic N) is 1. The predicted octanol–water partition coefficient (Wildman–Crippen LogP) is 0.375. The van der Waals surface area contributed by atoms with E-state index in [1.165, 1.54) is 12.3 Å². The lowest BCUT2D eigenvalue weighted by atomic mass is 10.1. The normalized spacial score (nSPS) is 12.2. The molecule has 0 atom stereocenters. The number of aromatic nitrogens is 1. The molecule has 0 bridgehead atoms. The lowest BCUT2D eigenvalue weighted by Gasteiger charge is -2.25. The molecule has 112 valence electrons. The van der Waals surface area contributed by atoms with Crippen molar-refractivity contribution < 1.29 is 13.2 Å². The first-order valence-electron chi connectivity index (χ1n) is 5.68. The highest BCUT2D eigenvalue weighted by Gasteiger charge is 2.23. The molecule has 9 heteroatoms. The minimum atomic E-state index is -3.37. The van der Waals surface area contributed by atoms with E-state index in [1.807, 2.05) is 0 Å². The molecule has 1 aromatic rings. The predicted molar refractivity (Wildman–Crippen MR) is 78.1 cm³/mol. The summed E-state index contributed by atoms with van der Waals surface area (Å²) in [4.78, 5) is 15.7. The molecule has 1 aromatic heterocycles. The van der Waals surface area contributed by atoms with Gasteiger partial charge in [0.15, 0.2) is 0 Å². The Labute approximate surface area is 123 Å². The Morgan fingerprint density at radius 1 is 1.50 bits per heavy atom. The van der Waals surface area contributed by atoms with E-state index in [4.69, 9.17) is 17.3 Å². The zero-order chi connectivity index (χ0) is 15.6. The Hall–Kier alpha value is -1.38. The van der Waals surface area contributed by atoms with Crippen molar-refractivity contribution in [3.8, 4) is 0 Å². The molecule has 0 fully saturated rings. The number of hydrogen-bond acceptors (Lipinski definition) is 5. The van der Waals surface area contributed by atoms with Crippen LogP contribution in [0.2, 0.25) is 5.02 Å². The minimum absolute atomic E-state index is 0.0947. The number of carbonyl (C=O) groups is 1. The Morgan fingerprint density at radius 2 is 2.10 bits per heavy atom. The second-order valence-electron chi connectivity index (χ2n) is 5.03. The van der Waals surface area contributed by atoms with Crippen LogP contribution in [0.1, 0.15) is 24.2 Å². The summed E-state index contributed by atoms with van der Waals surface area (Å²) >= 11 is 5.86. The summed E-state index contributed by atoms with van der Waals surface area (Å²) in [5, 5.41) is 2.77. The Kier molecular flexibility index (Phi) is 4.95. The Balaban J connectivity index is 2.75. The summed E-state index contributed by atoms with van der Waals surface area (Å²) in [6.07, 6.45) is 2.34. The molecule has 7 nitrogen and oxygen atoms in total. The van der Waals surface area contributed by atoms with Crippen LogP contribution in [-0.2, 0) is 10.0 Å². The van der Waals surface area contributed by atoms with Gasteiger partial charge in [0, 0.05) is 18.3 Å². The highest BCUT2D eigenvalue weighted by atomic mass is 35.5. The quantitative estimate of drug-likeness (QED) is 0.725. The second-order valence-corrected chi connectivity index (χ2v) is 7.19. The van der Waals surface area contributed by atoms with Gasteiger partial charge in [0.2, 0.25) is 10.0 Å². The SMILES string of the molecule is CC(C)(CNC(=O)c1cc(N)ncc1Cl)NS(C)(=O)=O. The number of carbonyl (C=O) groups excluding carboxylic acids is 1. The van der Waals surface area contributed by atoms with Gasteiger partial charge in [0.1, 0.15) is 5.82 Å². The van der Waals surface area contributed by atoms with Crippen LogP contribution in [0.3, 0.4) is 0 Å². The fraction of sp³-hybridized carbons (Fsp3) is 0.455. The molecule has 0 saturated heterocycles. The molecule has 0 aliphatic heterocycles. The Morgan fingerprint density at radius 3 is 2.65 bits per heavy atom. The minimum Gasteiger partial charge on any atom is -0.384 e. The number of amides is 1. The van der Waals surface area contributed by atoms with Crippen LogP contribution >= 0.6 is 11.6 Å². The first-order chi connectivity index (χ1) is 9.00. The largest absolute Gasteiger partial charge is 0.384 e. The van der Waals surface area contributed by atoms with Crippen molar-refractivity contribution in [2.45, 2.75) is 19.4 Å². The molecule has 0 radical (unpaired) electrons. The van der Waals surface area contributed by atoms with E-state index >= 15 is 0 Å². The first kappa shape index (κ1) is 16.7. The smallest absolute Gasteiger partial charge is 0.253 e. The van der Waals surface area contributed by atoms with Gasteiger partial charge in [-0.15, -0.1) is 0 Å². The third-order valence-electron chi connectivity index (χ3n) is 2.27. The van der Waals surface area contributed by atoms with Crippen molar-refractivity contribution in [2.24, 2.45) is 0 Å². The van der Waals surface area contributed by atoms with E-state index < -0.39 is 21.5 Å². The molecule has 0 saturated carbocycles. The van der Waals surface area contributed by atoms with Gasteiger partial charge in [-0.25, -0.2) is 18.1 Å². The van der Waals surface area contributed by atoms with E-state index in [-0.39, 0.29) is 22.9 Å². The van der Waals surface area contributed by atoms with Crippen molar-refractivity contribution >= 4 is 33.3 Å². The number of anilines is 1. The maximum Gasteiger partial charge on any atom is 0.253 e. The summed E-state index contributed by atoms with van der Waals surface area (Å²) in [6, 6.07) is 1.36. The molecular weight excluding hydrogens is 304 g/mol. The summed E-state index contributed by atoms with van der Waals surface area (Å²) in [5.41, 5.74) is 4.85. The van der Waals surface area contributed by atoms with E-state index in [0.29, 0.717) is 0 Å².